The van der Waals surface area contributed by atoms with Crippen LogP contribution in [0.3, 0.4) is 0 Å². The van der Waals surface area contributed by atoms with Crippen molar-refractivity contribution in [3.8, 4) is 23.7 Å². The quantitative estimate of drug-likeness (QED) is 0.189. The second-order valence-electron chi connectivity index (χ2n) is 12.1. The van der Waals surface area contributed by atoms with Crippen LogP contribution >= 0.6 is 12.4 Å². The van der Waals surface area contributed by atoms with Crippen molar-refractivity contribution < 1.29 is 33.0 Å². The average molecular weight is 729 g/mol. The molecule has 0 saturated carbocycles. The molecule has 2 heterocycles. The summed E-state index contributed by atoms with van der Waals surface area (Å²) < 4.78 is 36.1. The third-order valence-electron chi connectivity index (χ3n) is 8.06. The van der Waals surface area contributed by atoms with Crippen LogP contribution in [-0.2, 0) is 9.47 Å². The highest BCUT2D eigenvalue weighted by atomic mass is 35.5. The van der Waals surface area contributed by atoms with E-state index >= 15 is 0 Å². The molecule has 0 unspecified atom stereocenters. The van der Waals surface area contributed by atoms with Crippen LogP contribution in [0.4, 0.5) is 8.78 Å². The second kappa shape index (κ2) is 22.7. The van der Waals surface area contributed by atoms with Crippen molar-refractivity contribution in [2.45, 2.75) is 25.7 Å². The lowest BCUT2D eigenvalue weighted by Gasteiger charge is -2.22. The van der Waals surface area contributed by atoms with Crippen LogP contribution in [0.25, 0.3) is 0 Å². The van der Waals surface area contributed by atoms with Crippen LogP contribution in [0.15, 0.2) is 97.1 Å². The van der Waals surface area contributed by atoms with Crippen molar-refractivity contribution in [3.63, 3.8) is 0 Å². The van der Waals surface area contributed by atoms with E-state index in [9.17, 15) is 18.4 Å². The van der Waals surface area contributed by atoms with Gasteiger partial charge in [-0.3, -0.25) is 4.79 Å². The highest BCUT2D eigenvalue weighted by Crippen LogP contribution is 2.13. The molecule has 0 bridgehead atoms. The largest absolute Gasteiger partial charge is 0.478 e. The molecule has 6 rings (SSSR count). The molecule has 2 aliphatic rings. The number of carboxylic acid groups (broad SMARTS) is 1. The number of carboxylic acids is 1. The summed E-state index contributed by atoms with van der Waals surface area (Å²) >= 11 is 0. The fourth-order valence-electron chi connectivity index (χ4n) is 5.06. The van der Waals surface area contributed by atoms with E-state index in [2.05, 4.69) is 29.0 Å². The van der Waals surface area contributed by atoms with Crippen molar-refractivity contribution in [2.24, 2.45) is 17.6 Å². The molecule has 2 aliphatic heterocycles. The zero-order chi connectivity index (χ0) is 36.3. The number of benzene rings is 4. The Kier molecular flexibility index (Phi) is 18.1. The van der Waals surface area contributed by atoms with Crippen LogP contribution in [0.1, 0.15) is 68.7 Å². The van der Waals surface area contributed by atoms with Crippen molar-refractivity contribution >= 4 is 24.3 Å². The predicted molar refractivity (Wildman–Crippen MR) is 200 cm³/mol. The minimum atomic E-state index is -0.965. The molecule has 10 heteroatoms. The van der Waals surface area contributed by atoms with Gasteiger partial charge >= 0.3 is 5.97 Å². The fraction of sp³-hybridized carbons (Fsp3) is 0.286. The zero-order valence-corrected chi connectivity index (χ0v) is 29.6. The molecule has 0 spiro atoms. The minimum Gasteiger partial charge on any atom is -0.478 e. The van der Waals surface area contributed by atoms with Crippen LogP contribution < -0.4 is 11.1 Å². The molecular weight excluding hydrogens is 686 g/mol. The summed E-state index contributed by atoms with van der Waals surface area (Å²) in [6.45, 7) is 4.81. The van der Waals surface area contributed by atoms with Gasteiger partial charge in [-0.05, 0) is 141 Å². The van der Waals surface area contributed by atoms with E-state index in [0.29, 0.717) is 35.1 Å². The number of aromatic carboxylic acids is 1. The molecule has 4 aromatic carbocycles. The van der Waals surface area contributed by atoms with Gasteiger partial charge in [0, 0.05) is 47.6 Å². The standard InChI is InChI=1S/C21H20FNO2.C15H9FO2.C6H13NO.ClH/c22-20-11-7-17(8-12-20)4-3-16-5-9-19(10-6-16)21(24)23-14-18-2-1-13-25-15-18;16-14-9-5-12(6-10-14)2-1-11-3-7-13(8-4-11)15(17)18;7-4-6-2-1-3-8-5-6;/h5-12,18H,1-2,13-15H2,(H,23,24);3-10H,(H,17,18);6H,1-5,7H2;1H/t18-;;6-;/m1.1./s1. The van der Waals surface area contributed by atoms with Gasteiger partial charge in [-0.25, -0.2) is 13.6 Å². The number of carbonyl (C=O) groups excluding carboxylic acids is 1. The summed E-state index contributed by atoms with van der Waals surface area (Å²) in [4.78, 5) is 22.8. The Hall–Kier alpha value is -5.03. The number of rotatable bonds is 5. The number of hydrogen-bond acceptors (Lipinski definition) is 5. The number of nitrogens with two attached hydrogens (primary N) is 1. The first-order valence-corrected chi connectivity index (χ1v) is 16.9. The highest BCUT2D eigenvalue weighted by molar-refractivity contribution is 5.94. The maximum Gasteiger partial charge on any atom is 0.335 e. The van der Waals surface area contributed by atoms with E-state index in [0.717, 1.165) is 56.9 Å². The number of nitrogens with one attached hydrogen (secondary N) is 1. The Morgan fingerprint density at radius 1 is 0.654 bits per heavy atom. The SMILES string of the molecule is Cl.NC[C@H]1CCCOC1.O=C(NC[C@H]1CCCOC1)c1ccc(C#Cc2ccc(F)cc2)cc1.O=C(O)c1ccc(C#Cc2ccc(F)cc2)cc1. The van der Waals surface area contributed by atoms with Gasteiger partial charge in [-0.1, -0.05) is 23.7 Å². The second-order valence-corrected chi connectivity index (χ2v) is 12.1. The summed E-state index contributed by atoms with van der Waals surface area (Å²) in [6, 6.07) is 25.3. The van der Waals surface area contributed by atoms with Crippen LogP contribution in [0, 0.1) is 47.2 Å². The van der Waals surface area contributed by atoms with E-state index in [1.165, 1.54) is 49.2 Å². The highest BCUT2D eigenvalue weighted by Gasteiger charge is 2.15. The van der Waals surface area contributed by atoms with Crippen LogP contribution in [-0.4, -0.2) is 56.5 Å². The molecule has 7 nitrogen and oxygen atoms in total. The van der Waals surface area contributed by atoms with Gasteiger partial charge < -0.3 is 25.6 Å². The molecule has 4 aromatic rings. The van der Waals surface area contributed by atoms with Crippen LogP contribution in [0.5, 0.6) is 0 Å². The first-order valence-electron chi connectivity index (χ1n) is 16.9. The summed E-state index contributed by atoms with van der Waals surface area (Å²) in [7, 11) is 0. The topological polar surface area (TPSA) is 111 Å². The fourth-order valence-corrected chi connectivity index (χ4v) is 5.06. The summed E-state index contributed by atoms with van der Waals surface area (Å²) in [5.74, 6) is 11.2. The lowest BCUT2D eigenvalue weighted by molar-refractivity contribution is 0.0536. The number of hydrogen-bond donors (Lipinski definition) is 3. The molecule has 0 aliphatic carbocycles. The van der Waals surface area contributed by atoms with Gasteiger partial charge in [0.1, 0.15) is 11.6 Å². The summed E-state index contributed by atoms with van der Waals surface area (Å²) in [6.07, 6.45) is 4.61. The van der Waals surface area contributed by atoms with E-state index in [1.807, 2.05) is 12.1 Å². The molecule has 0 radical (unpaired) electrons. The molecule has 2 saturated heterocycles. The van der Waals surface area contributed by atoms with Gasteiger partial charge in [0.25, 0.3) is 5.91 Å². The molecule has 52 heavy (non-hydrogen) atoms. The molecule has 0 aromatic heterocycles. The van der Waals surface area contributed by atoms with Crippen molar-refractivity contribution in [1.29, 1.82) is 0 Å². The molecular formula is C42H43ClF2N2O5. The maximum absolute atomic E-state index is 12.9. The van der Waals surface area contributed by atoms with E-state index < -0.39 is 5.97 Å². The first-order chi connectivity index (χ1) is 24.8. The lowest BCUT2D eigenvalue weighted by atomic mass is 10.0. The number of ether oxygens (including phenoxy) is 2. The summed E-state index contributed by atoms with van der Waals surface area (Å²) in [5.41, 5.74) is 9.24. The summed E-state index contributed by atoms with van der Waals surface area (Å²) in [5, 5.41) is 11.7. The Morgan fingerprint density at radius 3 is 1.38 bits per heavy atom. The number of carbonyl (C=O) groups is 2. The molecule has 272 valence electrons. The van der Waals surface area contributed by atoms with Crippen LogP contribution in [0.2, 0.25) is 0 Å². The molecule has 1 amide bonds. The Bertz CT molecular complexity index is 1800. The zero-order valence-electron chi connectivity index (χ0n) is 28.8. The van der Waals surface area contributed by atoms with Gasteiger partial charge in [-0.15, -0.1) is 12.4 Å². The van der Waals surface area contributed by atoms with E-state index in [4.69, 9.17) is 20.3 Å². The van der Waals surface area contributed by atoms with Crippen molar-refractivity contribution in [1.82, 2.24) is 5.32 Å². The Morgan fingerprint density at radius 2 is 1.04 bits per heavy atom. The van der Waals surface area contributed by atoms with Crippen molar-refractivity contribution in [3.05, 3.63) is 142 Å². The molecule has 4 N–H and O–H groups in total. The third kappa shape index (κ3) is 15.1. The normalized spacial score (nSPS) is 15.9. The first kappa shape index (κ1) is 41.4. The maximum atomic E-state index is 12.9. The average Bonchev–Trinajstić information content (AvgIpc) is 3.18. The van der Waals surface area contributed by atoms with E-state index in [-0.39, 0.29) is 35.5 Å². The number of amides is 1. The molecule has 2 atom stereocenters. The molecule has 2 fully saturated rings. The van der Waals surface area contributed by atoms with Gasteiger partial charge in [0.05, 0.1) is 18.8 Å². The third-order valence-corrected chi connectivity index (χ3v) is 8.06. The van der Waals surface area contributed by atoms with E-state index in [1.54, 1.807) is 48.5 Å². The smallest absolute Gasteiger partial charge is 0.335 e. The Labute approximate surface area is 310 Å². The minimum absolute atomic E-state index is 0. The van der Waals surface area contributed by atoms with Gasteiger partial charge in [0.15, 0.2) is 0 Å². The van der Waals surface area contributed by atoms with Crippen molar-refractivity contribution in [2.75, 3.05) is 39.5 Å². The predicted octanol–water partition coefficient (Wildman–Crippen LogP) is 7.10. The number of halogens is 3. The van der Waals surface area contributed by atoms with Gasteiger partial charge in [0.2, 0.25) is 0 Å². The van der Waals surface area contributed by atoms with Gasteiger partial charge in [-0.2, -0.15) is 0 Å². The Balaban J connectivity index is 0.000000235. The lowest BCUT2D eigenvalue weighted by Crippen LogP contribution is -2.33. The monoisotopic (exact) mass is 728 g/mol.